The van der Waals surface area contributed by atoms with Crippen molar-refractivity contribution in [2.24, 2.45) is 0 Å². The fourth-order valence-corrected chi connectivity index (χ4v) is 2.30. The van der Waals surface area contributed by atoms with E-state index in [1.807, 2.05) is 30.3 Å². The van der Waals surface area contributed by atoms with Crippen LogP contribution in [0.15, 0.2) is 42.5 Å². The molecular weight excluding hydrogens is 352 g/mol. The van der Waals surface area contributed by atoms with E-state index >= 15 is 0 Å². The number of carbonyl (C=O) groups excluding carboxylic acids is 4. The van der Waals surface area contributed by atoms with Gasteiger partial charge < -0.3 is 20.1 Å². The van der Waals surface area contributed by atoms with Crippen LogP contribution in [0, 0.1) is 0 Å². The fraction of sp³-hybridized carbons (Fsp3) is 0.368. The summed E-state index contributed by atoms with van der Waals surface area (Å²) in [7, 11) is 2.43. The van der Waals surface area contributed by atoms with Crippen LogP contribution in [0.4, 0.5) is 0 Å². The zero-order valence-electron chi connectivity index (χ0n) is 15.6. The Labute approximate surface area is 157 Å². The van der Waals surface area contributed by atoms with Crippen LogP contribution < -0.4 is 10.6 Å². The molecule has 0 saturated carbocycles. The van der Waals surface area contributed by atoms with Gasteiger partial charge in [-0.15, -0.1) is 0 Å². The van der Waals surface area contributed by atoms with Crippen molar-refractivity contribution < 1.29 is 28.7 Å². The third-order valence-corrected chi connectivity index (χ3v) is 3.61. The van der Waals surface area contributed by atoms with E-state index in [1.165, 1.54) is 27.2 Å². The van der Waals surface area contributed by atoms with E-state index in [4.69, 9.17) is 0 Å². The third-order valence-electron chi connectivity index (χ3n) is 3.61. The molecule has 8 nitrogen and oxygen atoms in total. The topological polar surface area (TPSA) is 111 Å². The molecule has 1 aromatic carbocycles. The molecule has 8 heteroatoms. The van der Waals surface area contributed by atoms with Gasteiger partial charge in [-0.25, -0.2) is 9.59 Å². The Hall–Kier alpha value is -3.16. The largest absolute Gasteiger partial charge is 0.467 e. The van der Waals surface area contributed by atoms with E-state index in [-0.39, 0.29) is 18.7 Å². The molecule has 1 rings (SSSR count). The average molecular weight is 376 g/mol. The van der Waals surface area contributed by atoms with E-state index in [0.717, 1.165) is 11.6 Å². The predicted molar refractivity (Wildman–Crippen MR) is 97.5 cm³/mol. The smallest absolute Gasteiger partial charge is 0.330 e. The summed E-state index contributed by atoms with van der Waals surface area (Å²) in [4.78, 5) is 47.1. The second-order valence-electron chi connectivity index (χ2n) is 5.69. The van der Waals surface area contributed by atoms with Crippen molar-refractivity contribution in [3.63, 3.8) is 0 Å². The van der Waals surface area contributed by atoms with E-state index in [0.29, 0.717) is 0 Å². The second-order valence-corrected chi connectivity index (χ2v) is 5.69. The van der Waals surface area contributed by atoms with Crippen LogP contribution in [0.25, 0.3) is 0 Å². The summed E-state index contributed by atoms with van der Waals surface area (Å²) in [5.74, 6) is -2.15. The van der Waals surface area contributed by atoms with Crippen LogP contribution in [0.2, 0.25) is 0 Å². The number of hydrogen-bond acceptors (Lipinski definition) is 6. The van der Waals surface area contributed by atoms with E-state index in [9.17, 15) is 19.2 Å². The lowest BCUT2D eigenvalue weighted by molar-refractivity contribution is -0.145. The Morgan fingerprint density at radius 2 is 1.67 bits per heavy atom. The molecule has 0 radical (unpaired) electrons. The van der Waals surface area contributed by atoms with Crippen LogP contribution >= 0.6 is 0 Å². The normalized spacial score (nSPS) is 12.7. The quantitative estimate of drug-likeness (QED) is 0.480. The highest BCUT2D eigenvalue weighted by atomic mass is 16.5. The zero-order valence-corrected chi connectivity index (χ0v) is 15.6. The van der Waals surface area contributed by atoms with Crippen LogP contribution in [-0.2, 0) is 35.1 Å². The molecule has 27 heavy (non-hydrogen) atoms. The lowest BCUT2D eigenvalue weighted by Gasteiger charge is -2.21. The third kappa shape index (κ3) is 8.17. The molecule has 2 amide bonds. The van der Waals surface area contributed by atoms with Gasteiger partial charge in [-0.2, -0.15) is 0 Å². The number of ether oxygens (including phenoxy) is 2. The minimum atomic E-state index is -1.00. The van der Waals surface area contributed by atoms with Gasteiger partial charge in [0, 0.05) is 19.4 Å². The number of amides is 2. The van der Waals surface area contributed by atoms with Gasteiger partial charge in [0.1, 0.15) is 12.1 Å². The van der Waals surface area contributed by atoms with Crippen LogP contribution in [-0.4, -0.2) is 50.1 Å². The van der Waals surface area contributed by atoms with E-state index in [1.54, 1.807) is 0 Å². The Morgan fingerprint density at radius 3 is 2.22 bits per heavy atom. The van der Waals surface area contributed by atoms with Crippen LogP contribution in [0.1, 0.15) is 18.9 Å². The second kappa shape index (κ2) is 11.5. The summed E-state index contributed by atoms with van der Waals surface area (Å²) in [6.45, 7) is 1.31. The Balaban J connectivity index is 2.86. The first-order valence-corrected chi connectivity index (χ1v) is 8.31. The summed E-state index contributed by atoms with van der Waals surface area (Å²) in [6.07, 6.45) is 2.85. The first-order valence-electron chi connectivity index (χ1n) is 8.31. The Bertz CT molecular complexity index is 687. The van der Waals surface area contributed by atoms with Crippen LogP contribution in [0.3, 0.4) is 0 Å². The van der Waals surface area contributed by atoms with Crippen molar-refractivity contribution in [3.05, 3.63) is 48.0 Å². The van der Waals surface area contributed by atoms with Crippen molar-refractivity contribution in [2.45, 2.75) is 31.8 Å². The zero-order chi connectivity index (χ0) is 20.2. The maximum atomic E-state index is 12.6. The van der Waals surface area contributed by atoms with Crippen LogP contribution in [0.5, 0.6) is 0 Å². The van der Waals surface area contributed by atoms with Gasteiger partial charge in [-0.1, -0.05) is 36.4 Å². The Kier molecular flexibility index (Phi) is 9.28. The lowest BCUT2D eigenvalue weighted by atomic mass is 10.0. The first kappa shape index (κ1) is 21.9. The molecule has 1 aromatic rings. The van der Waals surface area contributed by atoms with Gasteiger partial charge in [0.2, 0.25) is 11.8 Å². The molecule has 0 aliphatic rings. The van der Waals surface area contributed by atoms with Gasteiger partial charge in [0.05, 0.1) is 14.2 Å². The summed E-state index contributed by atoms with van der Waals surface area (Å²) >= 11 is 0. The number of benzene rings is 1. The molecule has 0 fully saturated rings. The number of methoxy groups -OCH3 is 2. The van der Waals surface area contributed by atoms with Gasteiger partial charge in [0.25, 0.3) is 0 Å². The summed E-state index contributed by atoms with van der Waals surface area (Å²) < 4.78 is 9.16. The SMILES string of the molecule is COC(=O)/C=C/C[C@@H](NC(=O)[C@@H](Cc1ccccc1)NC(C)=O)C(=O)OC. The molecule has 0 bridgehead atoms. The molecule has 0 saturated heterocycles. The molecule has 2 atom stereocenters. The predicted octanol–water partition coefficient (Wildman–Crippen LogP) is 0.511. The minimum Gasteiger partial charge on any atom is -0.467 e. The van der Waals surface area contributed by atoms with Crippen molar-refractivity contribution in [1.82, 2.24) is 10.6 Å². The summed E-state index contributed by atoms with van der Waals surface area (Å²) in [6, 6.07) is 7.30. The number of hydrogen-bond donors (Lipinski definition) is 2. The molecular formula is C19H24N2O6. The average Bonchev–Trinajstić information content (AvgIpc) is 2.66. The molecule has 0 unspecified atom stereocenters. The lowest BCUT2D eigenvalue weighted by Crippen LogP contribution is -2.52. The number of carbonyl (C=O) groups is 4. The van der Waals surface area contributed by atoms with Gasteiger partial charge in [0.15, 0.2) is 0 Å². The van der Waals surface area contributed by atoms with Gasteiger partial charge in [-0.05, 0) is 12.0 Å². The molecule has 0 spiro atoms. The molecule has 0 aliphatic heterocycles. The maximum Gasteiger partial charge on any atom is 0.330 e. The summed E-state index contributed by atoms with van der Waals surface area (Å²) in [5.41, 5.74) is 0.853. The van der Waals surface area contributed by atoms with Gasteiger partial charge in [-0.3, -0.25) is 9.59 Å². The minimum absolute atomic E-state index is 0.0334. The molecule has 0 aliphatic carbocycles. The van der Waals surface area contributed by atoms with E-state index < -0.39 is 29.9 Å². The number of nitrogens with one attached hydrogen (secondary N) is 2. The molecule has 0 heterocycles. The highest BCUT2D eigenvalue weighted by molar-refractivity contribution is 5.90. The van der Waals surface area contributed by atoms with Crippen molar-refractivity contribution in [3.8, 4) is 0 Å². The number of esters is 2. The fourth-order valence-electron chi connectivity index (χ4n) is 2.30. The van der Waals surface area contributed by atoms with E-state index in [2.05, 4.69) is 20.1 Å². The molecule has 0 aromatic heterocycles. The summed E-state index contributed by atoms with van der Waals surface area (Å²) in [5, 5.41) is 5.13. The Morgan fingerprint density at radius 1 is 1.00 bits per heavy atom. The number of rotatable bonds is 9. The monoisotopic (exact) mass is 376 g/mol. The van der Waals surface area contributed by atoms with Gasteiger partial charge >= 0.3 is 11.9 Å². The highest BCUT2D eigenvalue weighted by Crippen LogP contribution is 2.05. The highest BCUT2D eigenvalue weighted by Gasteiger charge is 2.26. The molecule has 2 N–H and O–H groups in total. The van der Waals surface area contributed by atoms with Crippen molar-refractivity contribution in [1.29, 1.82) is 0 Å². The first-order chi connectivity index (χ1) is 12.9. The maximum absolute atomic E-state index is 12.6. The van der Waals surface area contributed by atoms with Crippen molar-refractivity contribution in [2.75, 3.05) is 14.2 Å². The van der Waals surface area contributed by atoms with Crippen molar-refractivity contribution >= 4 is 23.8 Å². The standard InChI is InChI=1S/C19H24N2O6/c1-13(22)20-16(12-14-8-5-4-6-9-14)18(24)21-15(19(25)27-3)10-7-11-17(23)26-2/h4-9,11,15-16H,10,12H2,1-3H3,(H,20,22)(H,21,24)/b11-7+/t15-,16-/m1/s1. The molecule has 146 valence electrons.